The molecule has 6 nitrogen and oxygen atoms in total. The molecule has 6 heteroatoms. The lowest BCUT2D eigenvalue weighted by atomic mass is 10.1. The molecular weight excluding hydrogens is 424 g/mol. The van der Waals surface area contributed by atoms with Gasteiger partial charge in [-0.25, -0.2) is 9.78 Å². The molecule has 0 atom stereocenters. The van der Waals surface area contributed by atoms with Gasteiger partial charge in [-0.1, -0.05) is 80.4 Å². The van der Waals surface area contributed by atoms with Gasteiger partial charge in [-0.2, -0.15) is 0 Å². The number of nitrogens with zero attached hydrogens (tertiary/aromatic N) is 4. The van der Waals surface area contributed by atoms with Gasteiger partial charge in [0.15, 0.2) is 11.2 Å². The van der Waals surface area contributed by atoms with Gasteiger partial charge in [0.05, 0.1) is 0 Å². The van der Waals surface area contributed by atoms with E-state index in [1.165, 1.54) is 17.4 Å². The predicted molar refractivity (Wildman–Crippen MR) is 135 cm³/mol. The Labute approximate surface area is 199 Å². The van der Waals surface area contributed by atoms with E-state index in [4.69, 9.17) is 4.98 Å². The first-order valence-electron chi connectivity index (χ1n) is 12.5. The van der Waals surface area contributed by atoms with Crippen molar-refractivity contribution in [3.8, 4) is 0 Å². The van der Waals surface area contributed by atoms with E-state index < -0.39 is 0 Å². The van der Waals surface area contributed by atoms with Crippen LogP contribution < -0.4 is 11.2 Å². The van der Waals surface area contributed by atoms with Crippen LogP contribution >= 0.6 is 0 Å². The standard InChI is InChI=1S/C28H32N4O2/c1-2-18-31-27(33)24-26(30(28(31)34)19-17-21-11-5-3-6-12-21)29-25(23-15-9-10-16-23)32(24)20-22-13-7-4-8-14-22/h3-8,11-14,23H,2,9-10,15-20H2,1H3. The van der Waals surface area contributed by atoms with Gasteiger partial charge < -0.3 is 4.57 Å². The fourth-order valence-electron chi connectivity index (χ4n) is 5.24. The van der Waals surface area contributed by atoms with Crippen molar-refractivity contribution in [2.75, 3.05) is 0 Å². The molecule has 0 bridgehead atoms. The Morgan fingerprint density at radius 2 is 1.47 bits per heavy atom. The third-order valence-corrected chi connectivity index (χ3v) is 6.96. The molecule has 1 fully saturated rings. The third kappa shape index (κ3) is 4.25. The van der Waals surface area contributed by atoms with E-state index in [1.54, 1.807) is 4.57 Å². The molecule has 1 aliphatic carbocycles. The summed E-state index contributed by atoms with van der Waals surface area (Å²) in [5.74, 6) is 1.28. The van der Waals surface area contributed by atoms with E-state index in [0.29, 0.717) is 43.1 Å². The highest BCUT2D eigenvalue weighted by Gasteiger charge is 2.27. The van der Waals surface area contributed by atoms with Crippen molar-refractivity contribution in [1.82, 2.24) is 18.7 Å². The molecule has 0 unspecified atom stereocenters. The van der Waals surface area contributed by atoms with Crippen LogP contribution in [0.5, 0.6) is 0 Å². The molecule has 0 N–H and O–H groups in total. The number of fused-ring (bicyclic) bond motifs is 1. The summed E-state index contributed by atoms with van der Waals surface area (Å²) in [6.07, 6.45) is 5.96. The zero-order valence-electron chi connectivity index (χ0n) is 19.8. The Morgan fingerprint density at radius 1 is 0.824 bits per heavy atom. The van der Waals surface area contributed by atoms with E-state index in [0.717, 1.165) is 36.2 Å². The average Bonchev–Trinajstić information content (AvgIpc) is 3.52. The quantitative estimate of drug-likeness (QED) is 0.385. The number of hydrogen-bond donors (Lipinski definition) is 0. The molecule has 0 aliphatic heterocycles. The van der Waals surface area contributed by atoms with Gasteiger partial charge in [0.1, 0.15) is 5.82 Å². The first-order chi connectivity index (χ1) is 16.7. The topological polar surface area (TPSA) is 61.8 Å². The Morgan fingerprint density at radius 3 is 2.12 bits per heavy atom. The van der Waals surface area contributed by atoms with Crippen molar-refractivity contribution in [2.45, 2.75) is 71.0 Å². The summed E-state index contributed by atoms with van der Waals surface area (Å²) in [5, 5.41) is 0. The van der Waals surface area contributed by atoms with Crippen molar-refractivity contribution >= 4 is 11.2 Å². The van der Waals surface area contributed by atoms with E-state index in [-0.39, 0.29) is 11.2 Å². The number of benzene rings is 2. The Bertz CT molecular complexity index is 1380. The molecule has 2 aromatic carbocycles. The molecule has 1 aliphatic rings. The van der Waals surface area contributed by atoms with E-state index in [2.05, 4.69) is 28.8 Å². The molecule has 0 saturated heterocycles. The maximum Gasteiger partial charge on any atom is 0.332 e. The van der Waals surface area contributed by atoms with E-state index in [9.17, 15) is 9.59 Å². The van der Waals surface area contributed by atoms with Crippen molar-refractivity contribution in [3.63, 3.8) is 0 Å². The summed E-state index contributed by atoms with van der Waals surface area (Å²) < 4.78 is 5.25. The summed E-state index contributed by atoms with van der Waals surface area (Å²) in [5.41, 5.74) is 2.92. The maximum atomic E-state index is 13.7. The van der Waals surface area contributed by atoms with Crippen LogP contribution in [-0.2, 0) is 26.1 Å². The molecule has 4 aromatic rings. The Hall–Kier alpha value is -3.41. The van der Waals surface area contributed by atoms with Gasteiger partial charge in [-0.05, 0) is 36.8 Å². The lowest BCUT2D eigenvalue weighted by Gasteiger charge is -2.14. The number of imidazole rings is 1. The minimum absolute atomic E-state index is 0.217. The first kappa shape index (κ1) is 22.4. The zero-order chi connectivity index (χ0) is 23.5. The van der Waals surface area contributed by atoms with Crippen LogP contribution in [0.1, 0.15) is 61.9 Å². The highest BCUT2D eigenvalue weighted by molar-refractivity contribution is 5.71. The second-order valence-electron chi connectivity index (χ2n) is 9.32. The van der Waals surface area contributed by atoms with Gasteiger partial charge in [0.25, 0.3) is 5.56 Å². The number of aromatic nitrogens is 4. The monoisotopic (exact) mass is 456 g/mol. The Balaban J connectivity index is 1.71. The smallest absolute Gasteiger partial charge is 0.317 e. The van der Waals surface area contributed by atoms with Crippen molar-refractivity contribution in [2.24, 2.45) is 0 Å². The van der Waals surface area contributed by atoms with Crippen molar-refractivity contribution < 1.29 is 0 Å². The highest BCUT2D eigenvalue weighted by atomic mass is 16.2. The van der Waals surface area contributed by atoms with Gasteiger partial charge >= 0.3 is 5.69 Å². The predicted octanol–water partition coefficient (Wildman–Crippen LogP) is 4.72. The van der Waals surface area contributed by atoms with Crippen LogP contribution in [0.2, 0.25) is 0 Å². The maximum absolute atomic E-state index is 13.7. The van der Waals surface area contributed by atoms with E-state index >= 15 is 0 Å². The fraction of sp³-hybridized carbons (Fsp3) is 0.393. The lowest BCUT2D eigenvalue weighted by molar-refractivity contribution is 0.558. The largest absolute Gasteiger partial charge is 0.332 e. The lowest BCUT2D eigenvalue weighted by Crippen LogP contribution is -2.41. The number of rotatable bonds is 8. The van der Waals surface area contributed by atoms with Crippen LogP contribution in [0.25, 0.3) is 11.2 Å². The molecular formula is C28H32N4O2. The molecule has 34 heavy (non-hydrogen) atoms. The molecule has 5 rings (SSSR count). The van der Waals surface area contributed by atoms with Gasteiger partial charge in [0, 0.05) is 25.6 Å². The second kappa shape index (κ2) is 9.84. The molecule has 0 spiro atoms. The molecule has 1 saturated carbocycles. The summed E-state index contributed by atoms with van der Waals surface area (Å²) in [6, 6.07) is 20.4. The molecule has 176 valence electrons. The summed E-state index contributed by atoms with van der Waals surface area (Å²) in [4.78, 5) is 32.2. The normalized spacial score (nSPS) is 14.3. The fourth-order valence-corrected chi connectivity index (χ4v) is 5.24. The van der Waals surface area contributed by atoms with Crippen LogP contribution in [0.15, 0.2) is 70.3 Å². The van der Waals surface area contributed by atoms with Crippen molar-refractivity contribution in [3.05, 3.63) is 98.5 Å². The minimum atomic E-state index is -0.252. The van der Waals surface area contributed by atoms with Crippen LogP contribution in [0, 0.1) is 0 Å². The number of hydrogen-bond acceptors (Lipinski definition) is 3. The SMILES string of the molecule is CCCn1c(=O)c2c(nc(C3CCCC3)n2Cc2ccccc2)n(CCc2ccccc2)c1=O. The van der Waals surface area contributed by atoms with E-state index in [1.807, 2.05) is 43.3 Å². The third-order valence-electron chi connectivity index (χ3n) is 6.96. The molecule has 2 heterocycles. The van der Waals surface area contributed by atoms with Crippen molar-refractivity contribution in [1.29, 1.82) is 0 Å². The second-order valence-corrected chi connectivity index (χ2v) is 9.32. The first-order valence-corrected chi connectivity index (χ1v) is 12.5. The molecule has 0 amide bonds. The van der Waals surface area contributed by atoms with Gasteiger partial charge in [-0.15, -0.1) is 0 Å². The van der Waals surface area contributed by atoms with Crippen LogP contribution in [0.4, 0.5) is 0 Å². The summed E-state index contributed by atoms with van der Waals surface area (Å²) in [6.45, 7) is 3.49. The minimum Gasteiger partial charge on any atom is -0.317 e. The summed E-state index contributed by atoms with van der Waals surface area (Å²) in [7, 11) is 0. The summed E-state index contributed by atoms with van der Waals surface area (Å²) >= 11 is 0. The number of aryl methyl sites for hydroxylation is 2. The average molecular weight is 457 g/mol. The van der Waals surface area contributed by atoms with Crippen LogP contribution in [-0.4, -0.2) is 18.7 Å². The zero-order valence-corrected chi connectivity index (χ0v) is 19.8. The van der Waals surface area contributed by atoms with Crippen LogP contribution in [0.3, 0.4) is 0 Å². The molecule has 2 aromatic heterocycles. The van der Waals surface area contributed by atoms with Gasteiger partial charge in [0.2, 0.25) is 0 Å². The molecule has 0 radical (unpaired) electrons. The highest BCUT2D eigenvalue weighted by Crippen LogP contribution is 2.35. The Kier molecular flexibility index (Phi) is 6.48. The van der Waals surface area contributed by atoms with Gasteiger partial charge in [-0.3, -0.25) is 13.9 Å².